The topological polar surface area (TPSA) is 38.8 Å². The molecule has 0 aliphatic heterocycles. The van der Waals surface area contributed by atoms with Gasteiger partial charge in [0, 0.05) is 16.1 Å². The van der Waals surface area contributed by atoms with E-state index in [1.54, 1.807) is 30.5 Å². The summed E-state index contributed by atoms with van der Waals surface area (Å²) < 4.78 is 10.6. The quantitative estimate of drug-likeness (QED) is 0.556. The van der Waals surface area contributed by atoms with Gasteiger partial charge < -0.3 is 14.4 Å². The van der Waals surface area contributed by atoms with Gasteiger partial charge in [0.25, 0.3) is 0 Å². The molecule has 0 fully saturated rings. The molecule has 1 aromatic heterocycles. The molecule has 4 nitrogen and oxygen atoms in total. The molecule has 0 saturated heterocycles. The normalized spacial score (nSPS) is 10.2. The number of terminal acetylenes is 1. The number of anilines is 1. The molecule has 0 aliphatic carbocycles. The first-order valence-corrected chi connectivity index (χ1v) is 9.63. The van der Waals surface area contributed by atoms with E-state index in [4.69, 9.17) is 15.9 Å². The van der Waals surface area contributed by atoms with Crippen LogP contribution in [0, 0.1) is 12.3 Å². The number of carbonyl (C=O) groups is 1. The van der Waals surface area contributed by atoms with Gasteiger partial charge in [-0.05, 0) is 47.3 Å². The fourth-order valence-corrected chi connectivity index (χ4v) is 3.60. The highest BCUT2D eigenvalue weighted by atomic mass is 32.1. The van der Waals surface area contributed by atoms with Crippen LogP contribution >= 0.6 is 11.3 Å². The fourth-order valence-electron chi connectivity index (χ4n) is 2.91. The van der Waals surface area contributed by atoms with Crippen molar-refractivity contribution in [1.82, 2.24) is 0 Å². The molecule has 3 rings (SSSR count). The first-order chi connectivity index (χ1) is 13.6. The second-order valence-corrected chi connectivity index (χ2v) is 7.15. The number of amides is 1. The number of methoxy groups -OCH3 is 2. The van der Waals surface area contributed by atoms with E-state index in [1.165, 1.54) is 0 Å². The van der Waals surface area contributed by atoms with E-state index in [0.717, 1.165) is 21.7 Å². The monoisotopic (exact) mass is 391 g/mol. The Kier molecular flexibility index (Phi) is 6.36. The number of hydrogen-bond donors (Lipinski definition) is 0. The van der Waals surface area contributed by atoms with E-state index in [1.807, 2.05) is 60.0 Å². The minimum Gasteiger partial charge on any atom is -0.493 e. The summed E-state index contributed by atoms with van der Waals surface area (Å²) in [6.45, 7) is 0.498. The fraction of sp³-hybridized carbons (Fsp3) is 0.174. The summed E-state index contributed by atoms with van der Waals surface area (Å²) in [5.74, 6) is 3.85. The number of benzene rings is 2. The molecule has 0 saturated carbocycles. The van der Waals surface area contributed by atoms with Crippen LogP contribution in [0.2, 0.25) is 0 Å². The molecule has 5 heteroatoms. The van der Waals surface area contributed by atoms with E-state index < -0.39 is 0 Å². The van der Waals surface area contributed by atoms with Gasteiger partial charge in [-0.2, -0.15) is 0 Å². The van der Waals surface area contributed by atoms with Crippen LogP contribution in [0.3, 0.4) is 0 Å². The van der Waals surface area contributed by atoms with Crippen molar-refractivity contribution in [3.8, 4) is 23.8 Å². The third-order valence-electron chi connectivity index (χ3n) is 4.32. The van der Waals surface area contributed by atoms with Gasteiger partial charge in [0.15, 0.2) is 11.5 Å². The van der Waals surface area contributed by atoms with Crippen molar-refractivity contribution in [3.63, 3.8) is 0 Å². The lowest BCUT2D eigenvalue weighted by Crippen LogP contribution is -2.31. The Hall–Kier alpha value is -3.23. The Morgan fingerprint density at radius 3 is 2.57 bits per heavy atom. The lowest BCUT2D eigenvalue weighted by atomic mass is 10.1. The second kappa shape index (κ2) is 9.12. The molecule has 28 heavy (non-hydrogen) atoms. The Morgan fingerprint density at radius 1 is 1.07 bits per heavy atom. The Labute approximate surface area is 169 Å². The highest BCUT2D eigenvalue weighted by Gasteiger charge is 2.18. The van der Waals surface area contributed by atoms with Crippen LogP contribution in [0.25, 0.3) is 0 Å². The minimum atomic E-state index is -0.0187. The molecule has 0 N–H and O–H groups in total. The number of carbonyl (C=O) groups excluding carboxylic acids is 1. The highest BCUT2D eigenvalue weighted by Crippen LogP contribution is 2.28. The van der Waals surface area contributed by atoms with Gasteiger partial charge in [-0.15, -0.1) is 17.8 Å². The average molecular weight is 391 g/mol. The molecule has 1 amide bonds. The summed E-state index contributed by atoms with van der Waals surface area (Å²) in [6.07, 6.45) is 5.78. The summed E-state index contributed by atoms with van der Waals surface area (Å²) in [5.41, 5.74) is 2.38. The van der Waals surface area contributed by atoms with E-state index in [0.29, 0.717) is 18.0 Å². The molecule has 0 atom stereocenters. The lowest BCUT2D eigenvalue weighted by Gasteiger charge is -2.23. The third kappa shape index (κ3) is 4.54. The maximum atomic E-state index is 13.2. The van der Waals surface area contributed by atoms with Crippen molar-refractivity contribution in [2.45, 2.75) is 13.0 Å². The molecule has 0 spiro atoms. The summed E-state index contributed by atoms with van der Waals surface area (Å²) in [6, 6.07) is 17.0. The summed E-state index contributed by atoms with van der Waals surface area (Å²) in [5, 5.41) is 2.00. The van der Waals surface area contributed by atoms with Crippen molar-refractivity contribution in [1.29, 1.82) is 0 Å². The number of thiophene rings is 1. The Morgan fingerprint density at radius 2 is 1.89 bits per heavy atom. The van der Waals surface area contributed by atoms with Crippen molar-refractivity contribution in [2.24, 2.45) is 0 Å². The third-order valence-corrected chi connectivity index (χ3v) is 5.18. The summed E-state index contributed by atoms with van der Waals surface area (Å²) >= 11 is 1.62. The zero-order valence-corrected chi connectivity index (χ0v) is 16.7. The molecular weight excluding hydrogens is 370 g/mol. The SMILES string of the molecule is C#Cc1cccc(N(Cc2cccs2)C(=O)Cc2ccc(OC)c(OC)c2)c1. The molecule has 0 bridgehead atoms. The second-order valence-electron chi connectivity index (χ2n) is 6.12. The molecule has 0 radical (unpaired) electrons. The predicted molar refractivity (Wildman–Crippen MR) is 113 cm³/mol. The Bertz CT molecular complexity index is 989. The van der Waals surface area contributed by atoms with Crippen molar-refractivity contribution in [2.75, 3.05) is 19.1 Å². The van der Waals surface area contributed by atoms with Gasteiger partial charge in [0.05, 0.1) is 27.2 Å². The van der Waals surface area contributed by atoms with Crippen LogP contribution in [-0.4, -0.2) is 20.1 Å². The summed E-state index contributed by atoms with van der Waals surface area (Å²) in [4.78, 5) is 16.1. The van der Waals surface area contributed by atoms with Gasteiger partial charge in [-0.3, -0.25) is 4.79 Å². The molecule has 1 heterocycles. The maximum Gasteiger partial charge on any atom is 0.231 e. The van der Waals surface area contributed by atoms with Gasteiger partial charge in [-0.1, -0.05) is 24.1 Å². The highest BCUT2D eigenvalue weighted by molar-refractivity contribution is 7.09. The molecule has 2 aromatic carbocycles. The molecule has 0 unspecified atom stereocenters. The van der Waals surface area contributed by atoms with Crippen LogP contribution in [0.15, 0.2) is 60.0 Å². The van der Waals surface area contributed by atoms with Gasteiger partial charge in [-0.25, -0.2) is 0 Å². The van der Waals surface area contributed by atoms with E-state index >= 15 is 0 Å². The first-order valence-electron chi connectivity index (χ1n) is 8.75. The zero-order valence-electron chi connectivity index (χ0n) is 15.8. The number of nitrogens with zero attached hydrogens (tertiary/aromatic N) is 1. The van der Waals surface area contributed by atoms with E-state index in [9.17, 15) is 4.79 Å². The number of rotatable bonds is 7. The van der Waals surface area contributed by atoms with Crippen LogP contribution in [0.5, 0.6) is 11.5 Å². The largest absolute Gasteiger partial charge is 0.493 e. The molecule has 0 aliphatic rings. The smallest absolute Gasteiger partial charge is 0.231 e. The van der Waals surface area contributed by atoms with E-state index in [2.05, 4.69) is 5.92 Å². The van der Waals surface area contributed by atoms with Crippen LogP contribution < -0.4 is 14.4 Å². The number of ether oxygens (including phenoxy) is 2. The lowest BCUT2D eigenvalue weighted by molar-refractivity contribution is -0.118. The van der Waals surface area contributed by atoms with Crippen molar-refractivity contribution < 1.29 is 14.3 Å². The first kappa shape index (κ1) is 19.5. The van der Waals surface area contributed by atoms with Crippen molar-refractivity contribution in [3.05, 3.63) is 76.0 Å². The minimum absolute atomic E-state index is 0.0187. The van der Waals surface area contributed by atoms with Crippen LogP contribution in [0.1, 0.15) is 16.0 Å². The van der Waals surface area contributed by atoms with Gasteiger partial charge >= 0.3 is 0 Å². The standard InChI is InChI=1S/C23H21NO3S/c1-4-17-7-5-8-19(13-17)24(16-20-9-6-12-28-20)23(25)15-18-10-11-21(26-2)22(14-18)27-3/h1,5-14H,15-16H2,2-3H3. The van der Waals surface area contributed by atoms with Crippen LogP contribution in [0.4, 0.5) is 5.69 Å². The summed E-state index contributed by atoms with van der Waals surface area (Å²) in [7, 11) is 3.17. The maximum absolute atomic E-state index is 13.2. The van der Waals surface area contributed by atoms with Gasteiger partial charge in [0.1, 0.15) is 0 Å². The van der Waals surface area contributed by atoms with Crippen molar-refractivity contribution >= 4 is 22.9 Å². The number of hydrogen-bond acceptors (Lipinski definition) is 4. The van der Waals surface area contributed by atoms with E-state index in [-0.39, 0.29) is 12.3 Å². The predicted octanol–water partition coefficient (Wildman–Crippen LogP) is 4.52. The zero-order chi connectivity index (χ0) is 19.9. The Balaban J connectivity index is 1.89. The molecule has 3 aromatic rings. The van der Waals surface area contributed by atoms with Crippen LogP contribution in [-0.2, 0) is 17.8 Å². The average Bonchev–Trinajstić information content (AvgIpc) is 3.25. The molecule has 142 valence electrons. The van der Waals surface area contributed by atoms with Gasteiger partial charge in [0.2, 0.25) is 5.91 Å². The molecular formula is C23H21NO3S.